The number of Topliss-reactive ketones (excluding diaryl/α,β-unsaturated/α-hetero) is 1. The number of fused-ring (bicyclic) bond motifs is 1. The number of aromatic nitrogens is 2. The largest absolute Gasteiger partial charge is 0.486 e. The number of ketones is 1. The minimum atomic E-state index is -0.157. The van der Waals surface area contributed by atoms with Gasteiger partial charge in [0.2, 0.25) is 5.91 Å². The van der Waals surface area contributed by atoms with Crippen LogP contribution in [0.25, 0.3) is 10.9 Å². The summed E-state index contributed by atoms with van der Waals surface area (Å²) in [6.45, 7) is 1.74. The number of ether oxygens (including phenoxy) is 1. The van der Waals surface area contributed by atoms with E-state index in [4.69, 9.17) is 4.74 Å². The van der Waals surface area contributed by atoms with Crippen LogP contribution >= 0.6 is 11.8 Å². The van der Waals surface area contributed by atoms with Crippen molar-refractivity contribution >= 4 is 40.0 Å². The molecule has 0 saturated heterocycles. The summed E-state index contributed by atoms with van der Waals surface area (Å²) in [6.07, 6.45) is 0. The maximum Gasteiger partial charge on any atom is 0.234 e. The number of hydrogen-bond acceptors (Lipinski definition) is 6. The second-order valence-electron chi connectivity index (χ2n) is 7.03. The zero-order valence-electron chi connectivity index (χ0n) is 17.4. The molecule has 1 aromatic heterocycles. The van der Waals surface area contributed by atoms with Gasteiger partial charge in [0.25, 0.3) is 0 Å². The Kier molecular flexibility index (Phi) is 6.77. The number of hydrogen-bond donors (Lipinski definition) is 1. The van der Waals surface area contributed by atoms with Crippen LogP contribution in [-0.4, -0.2) is 27.4 Å². The summed E-state index contributed by atoms with van der Waals surface area (Å²) in [5.41, 5.74) is 2.05. The lowest BCUT2D eigenvalue weighted by Crippen LogP contribution is -2.14. The average molecular weight is 444 g/mol. The molecule has 160 valence electrons. The summed E-state index contributed by atoms with van der Waals surface area (Å²) < 4.78 is 5.79. The number of nitrogens with one attached hydrogen (secondary N) is 1. The molecule has 0 spiro atoms. The fourth-order valence-electron chi connectivity index (χ4n) is 3.05. The molecule has 1 N–H and O–H groups in total. The van der Waals surface area contributed by atoms with Gasteiger partial charge in [-0.3, -0.25) is 9.59 Å². The minimum Gasteiger partial charge on any atom is -0.486 e. The van der Waals surface area contributed by atoms with Crippen molar-refractivity contribution in [3.05, 3.63) is 90.3 Å². The van der Waals surface area contributed by atoms with E-state index in [0.29, 0.717) is 17.1 Å². The lowest BCUT2D eigenvalue weighted by atomic mass is 10.1. The fourth-order valence-corrected chi connectivity index (χ4v) is 3.89. The van der Waals surface area contributed by atoms with Crippen molar-refractivity contribution in [2.45, 2.75) is 18.6 Å². The van der Waals surface area contributed by atoms with Crippen LogP contribution < -0.4 is 10.1 Å². The highest BCUT2D eigenvalue weighted by Crippen LogP contribution is 2.26. The van der Waals surface area contributed by atoms with Gasteiger partial charge >= 0.3 is 0 Å². The van der Waals surface area contributed by atoms with Gasteiger partial charge in [-0.1, -0.05) is 48.2 Å². The van der Waals surface area contributed by atoms with Gasteiger partial charge in [0.15, 0.2) is 11.6 Å². The van der Waals surface area contributed by atoms with Gasteiger partial charge in [0.05, 0.1) is 11.3 Å². The summed E-state index contributed by atoms with van der Waals surface area (Å²) in [4.78, 5) is 33.1. The Morgan fingerprint density at radius 1 is 0.906 bits per heavy atom. The number of carbonyl (C=O) groups excluding carboxylic acids is 2. The molecule has 6 nitrogen and oxygen atoms in total. The first-order valence-electron chi connectivity index (χ1n) is 10.1. The van der Waals surface area contributed by atoms with Gasteiger partial charge in [-0.25, -0.2) is 9.97 Å². The Morgan fingerprint density at radius 2 is 1.62 bits per heavy atom. The van der Waals surface area contributed by atoms with Crippen LogP contribution in [0.4, 0.5) is 5.69 Å². The predicted octanol–water partition coefficient (Wildman–Crippen LogP) is 5.14. The topological polar surface area (TPSA) is 81.2 Å². The van der Waals surface area contributed by atoms with Gasteiger partial charge in [-0.15, -0.1) is 0 Å². The predicted molar refractivity (Wildman–Crippen MR) is 126 cm³/mol. The monoisotopic (exact) mass is 443 g/mol. The Balaban J connectivity index is 1.45. The highest BCUT2D eigenvalue weighted by Gasteiger charge is 2.12. The van der Waals surface area contributed by atoms with E-state index in [1.54, 1.807) is 24.3 Å². The van der Waals surface area contributed by atoms with Crippen molar-refractivity contribution in [3.63, 3.8) is 0 Å². The summed E-state index contributed by atoms with van der Waals surface area (Å²) in [5.74, 6) is 1.31. The number of carbonyl (C=O) groups is 2. The van der Waals surface area contributed by atoms with Crippen LogP contribution in [0.2, 0.25) is 0 Å². The van der Waals surface area contributed by atoms with Crippen molar-refractivity contribution in [1.82, 2.24) is 9.97 Å². The number of benzene rings is 3. The van der Waals surface area contributed by atoms with Crippen LogP contribution in [0.15, 0.2) is 83.9 Å². The van der Waals surface area contributed by atoms with Gasteiger partial charge < -0.3 is 10.1 Å². The first kappa shape index (κ1) is 21.5. The van der Waals surface area contributed by atoms with Gasteiger partial charge in [0, 0.05) is 16.6 Å². The average Bonchev–Trinajstić information content (AvgIpc) is 2.82. The van der Waals surface area contributed by atoms with E-state index in [9.17, 15) is 9.59 Å². The second kappa shape index (κ2) is 10.1. The molecular formula is C25H21N3O3S. The third-order valence-corrected chi connectivity index (χ3v) is 5.63. The Morgan fingerprint density at radius 3 is 2.38 bits per heavy atom. The van der Waals surface area contributed by atoms with Crippen LogP contribution in [0, 0.1) is 0 Å². The van der Waals surface area contributed by atoms with Crippen LogP contribution in [0.1, 0.15) is 23.1 Å². The molecule has 0 atom stereocenters. The maximum atomic E-state index is 12.5. The Labute approximate surface area is 190 Å². The zero-order chi connectivity index (χ0) is 22.3. The molecule has 0 saturated carbocycles. The van der Waals surface area contributed by atoms with Crippen molar-refractivity contribution in [3.8, 4) is 5.75 Å². The second-order valence-corrected chi connectivity index (χ2v) is 8.00. The fraction of sp³-hybridized carbons (Fsp3) is 0.120. The molecule has 1 heterocycles. The van der Waals surface area contributed by atoms with E-state index >= 15 is 0 Å². The number of amides is 1. The lowest BCUT2D eigenvalue weighted by molar-refractivity contribution is -0.113. The van der Waals surface area contributed by atoms with Gasteiger partial charge in [0.1, 0.15) is 17.4 Å². The molecule has 3 aromatic carbocycles. The molecule has 0 radical (unpaired) electrons. The number of rotatable bonds is 8. The van der Waals surface area contributed by atoms with Crippen molar-refractivity contribution in [2.75, 3.05) is 11.1 Å². The van der Waals surface area contributed by atoms with E-state index in [0.717, 1.165) is 21.7 Å². The Hall–Kier alpha value is -3.71. The summed E-state index contributed by atoms with van der Waals surface area (Å²) in [6, 6.07) is 24.0. The van der Waals surface area contributed by atoms with E-state index in [2.05, 4.69) is 15.3 Å². The van der Waals surface area contributed by atoms with E-state index < -0.39 is 0 Å². The first-order valence-corrected chi connectivity index (χ1v) is 11.0. The molecule has 4 rings (SSSR count). The SMILES string of the molecule is CC(=O)c1ccc(NC(=O)CSc2nc(COc3ccccc3)nc3ccccc23)cc1. The van der Waals surface area contributed by atoms with Crippen molar-refractivity contribution in [1.29, 1.82) is 0 Å². The molecule has 0 unspecified atom stereocenters. The molecule has 0 aliphatic heterocycles. The zero-order valence-corrected chi connectivity index (χ0v) is 18.3. The van der Waals surface area contributed by atoms with E-state index in [1.165, 1.54) is 18.7 Å². The third-order valence-electron chi connectivity index (χ3n) is 4.64. The van der Waals surface area contributed by atoms with Crippen LogP contribution in [0.3, 0.4) is 0 Å². The number of nitrogens with zero attached hydrogens (tertiary/aromatic N) is 2. The Bertz CT molecular complexity index is 1240. The summed E-state index contributed by atoms with van der Waals surface area (Å²) in [5, 5.41) is 4.46. The van der Waals surface area contributed by atoms with Crippen molar-refractivity contribution < 1.29 is 14.3 Å². The van der Waals surface area contributed by atoms with Crippen LogP contribution in [0.5, 0.6) is 5.75 Å². The molecule has 32 heavy (non-hydrogen) atoms. The minimum absolute atomic E-state index is 0.0129. The number of para-hydroxylation sites is 2. The molecule has 0 aliphatic carbocycles. The highest BCUT2D eigenvalue weighted by atomic mass is 32.2. The molecule has 0 aliphatic rings. The van der Waals surface area contributed by atoms with Crippen molar-refractivity contribution in [2.24, 2.45) is 0 Å². The van der Waals surface area contributed by atoms with Crippen LogP contribution in [-0.2, 0) is 11.4 Å². The first-order chi connectivity index (χ1) is 15.6. The maximum absolute atomic E-state index is 12.5. The molecule has 1 amide bonds. The molecule has 7 heteroatoms. The molecule has 0 fully saturated rings. The quantitative estimate of drug-likeness (QED) is 0.231. The molecule has 0 bridgehead atoms. The summed E-state index contributed by atoms with van der Waals surface area (Å²) >= 11 is 1.35. The smallest absolute Gasteiger partial charge is 0.234 e. The summed E-state index contributed by atoms with van der Waals surface area (Å²) in [7, 11) is 0. The van der Waals surface area contributed by atoms with E-state index in [1.807, 2.05) is 54.6 Å². The molecule has 4 aromatic rings. The number of anilines is 1. The number of thioether (sulfide) groups is 1. The normalized spacial score (nSPS) is 10.7. The third kappa shape index (κ3) is 5.50. The highest BCUT2D eigenvalue weighted by molar-refractivity contribution is 8.00. The lowest BCUT2D eigenvalue weighted by Gasteiger charge is -2.10. The van der Waals surface area contributed by atoms with E-state index in [-0.39, 0.29) is 24.1 Å². The molecular weight excluding hydrogens is 422 g/mol. The van der Waals surface area contributed by atoms with Gasteiger partial charge in [-0.05, 0) is 49.4 Å². The standard InChI is InChI=1S/C25H21N3O3S/c1-17(29)18-11-13-19(14-12-18)26-24(30)16-32-25-21-9-5-6-10-22(21)27-23(28-25)15-31-20-7-3-2-4-8-20/h2-14H,15-16H2,1H3,(H,26,30). The van der Waals surface area contributed by atoms with Gasteiger partial charge in [-0.2, -0.15) is 0 Å².